The van der Waals surface area contributed by atoms with Gasteiger partial charge in [-0.15, -0.1) is 4.91 Å². The smallest absolute Gasteiger partial charge is 0.248 e. The third-order valence-electron chi connectivity index (χ3n) is 3.59. The minimum atomic E-state index is -0.150. The molecule has 1 N–H and O–H groups in total. The average molecular weight is 290 g/mol. The van der Waals surface area contributed by atoms with Crippen LogP contribution in [0, 0.1) is 4.91 Å². The number of benzene rings is 1. The number of nitroso groups, excluding NO2 is 1. The first kappa shape index (κ1) is 12.5. The Morgan fingerprint density at radius 2 is 2.00 bits per heavy atom. The van der Waals surface area contributed by atoms with E-state index in [1.807, 2.05) is 30.3 Å². The molecular formula is C16H10N4O2. The van der Waals surface area contributed by atoms with Gasteiger partial charge in [-0.2, -0.15) is 0 Å². The van der Waals surface area contributed by atoms with Crippen molar-refractivity contribution in [2.24, 2.45) is 5.18 Å². The van der Waals surface area contributed by atoms with Gasteiger partial charge in [-0.1, -0.05) is 12.1 Å². The Morgan fingerprint density at radius 1 is 1.09 bits per heavy atom. The Kier molecular flexibility index (Phi) is 2.62. The van der Waals surface area contributed by atoms with Crippen LogP contribution in [0.25, 0.3) is 27.8 Å². The lowest BCUT2D eigenvalue weighted by molar-refractivity contribution is 1.16. The molecule has 6 nitrogen and oxygen atoms in total. The third kappa shape index (κ3) is 1.81. The summed E-state index contributed by atoms with van der Waals surface area (Å²) in [6, 6.07) is 14.2. The fraction of sp³-hybridized carbons (Fsp3) is 0. The minimum Gasteiger partial charge on any atom is -0.322 e. The van der Waals surface area contributed by atoms with E-state index < -0.39 is 0 Å². The van der Waals surface area contributed by atoms with Gasteiger partial charge in [0.25, 0.3) is 0 Å². The van der Waals surface area contributed by atoms with Gasteiger partial charge >= 0.3 is 0 Å². The van der Waals surface area contributed by atoms with Crippen LogP contribution < -0.4 is 5.56 Å². The maximum absolute atomic E-state index is 11.3. The van der Waals surface area contributed by atoms with E-state index in [4.69, 9.17) is 0 Å². The first-order chi connectivity index (χ1) is 10.8. The molecule has 0 radical (unpaired) electrons. The Bertz CT molecular complexity index is 1080. The zero-order valence-electron chi connectivity index (χ0n) is 11.4. The topological polar surface area (TPSA) is 79.6 Å². The normalized spacial score (nSPS) is 11.1. The Morgan fingerprint density at radius 3 is 2.86 bits per heavy atom. The molecule has 0 saturated heterocycles. The van der Waals surface area contributed by atoms with E-state index in [0.717, 1.165) is 16.5 Å². The van der Waals surface area contributed by atoms with Crippen LogP contribution in [0.5, 0.6) is 0 Å². The van der Waals surface area contributed by atoms with Crippen LogP contribution in [0.2, 0.25) is 0 Å². The number of nitrogens with zero attached hydrogens (tertiary/aromatic N) is 3. The molecule has 0 aliphatic heterocycles. The van der Waals surface area contributed by atoms with Crippen molar-refractivity contribution in [1.82, 2.24) is 14.4 Å². The predicted molar refractivity (Wildman–Crippen MR) is 84.2 cm³/mol. The van der Waals surface area contributed by atoms with Crippen LogP contribution in [0.1, 0.15) is 0 Å². The van der Waals surface area contributed by atoms with Crippen molar-refractivity contribution >= 4 is 22.4 Å². The van der Waals surface area contributed by atoms with Crippen LogP contribution in [0.3, 0.4) is 0 Å². The minimum absolute atomic E-state index is 0.150. The summed E-state index contributed by atoms with van der Waals surface area (Å²) in [5.41, 5.74) is 2.55. The van der Waals surface area contributed by atoms with Gasteiger partial charge < -0.3 is 4.98 Å². The molecule has 0 aliphatic rings. The van der Waals surface area contributed by atoms with E-state index in [0.29, 0.717) is 11.3 Å². The van der Waals surface area contributed by atoms with Gasteiger partial charge in [0.1, 0.15) is 11.3 Å². The summed E-state index contributed by atoms with van der Waals surface area (Å²) in [5, 5.41) is 3.99. The lowest BCUT2D eigenvalue weighted by atomic mass is 10.1. The van der Waals surface area contributed by atoms with Gasteiger partial charge in [-0.05, 0) is 40.9 Å². The maximum atomic E-state index is 11.3. The molecule has 6 heteroatoms. The van der Waals surface area contributed by atoms with Gasteiger partial charge in [0, 0.05) is 23.3 Å². The van der Waals surface area contributed by atoms with E-state index >= 15 is 0 Å². The van der Waals surface area contributed by atoms with Crippen molar-refractivity contribution in [2.45, 2.75) is 0 Å². The maximum Gasteiger partial charge on any atom is 0.248 e. The molecule has 0 unspecified atom stereocenters. The summed E-state index contributed by atoms with van der Waals surface area (Å²) in [7, 11) is 0. The van der Waals surface area contributed by atoms with Crippen LogP contribution in [0.15, 0.2) is 64.7 Å². The van der Waals surface area contributed by atoms with Crippen molar-refractivity contribution in [3.05, 3.63) is 70.0 Å². The first-order valence-corrected chi connectivity index (χ1v) is 6.70. The number of rotatable bonds is 2. The summed E-state index contributed by atoms with van der Waals surface area (Å²) in [5.74, 6) is 0.263. The summed E-state index contributed by atoms with van der Waals surface area (Å²) in [6.45, 7) is 0. The highest BCUT2D eigenvalue weighted by atomic mass is 16.3. The van der Waals surface area contributed by atoms with Crippen molar-refractivity contribution in [1.29, 1.82) is 0 Å². The predicted octanol–water partition coefficient (Wildman–Crippen LogP) is 3.24. The number of H-pyrrole nitrogens is 1. The molecule has 0 saturated carbocycles. The number of pyridine rings is 2. The van der Waals surface area contributed by atoms with Crippen LogP contribution >= 0.6 is 0 Å². The second-order valence-electron chi connectivity index (χ2n) is 4.93. The van der Waals surface area contributed by atoms with Gasteiger partial charge in [0.05, 0.1) is 0 Å². The molecule has 3 aromatic heterocycles. The largest absolute Gasteiger partial charge is 0.322 e. The number of aromatic amines is 1. The highest BCUT2D eigenvalue weighted by Crippen LogP contribution is 2.31. The Hall–Kier alpha value is -3.28. The van der Waals surface area contributed by atoms with Crippen molar-refractivity contribution in [2.75, 3.05) is 0 Å². The number of imidazole rings is 1. The van der Waals surface area contributed by atoms with Crippen LogP contribution in [-0.2, 0) is 0 Å². The molecule has 4 rings (SSSR count). The van der Waals surface area contributed by atoms with Gasteiger partial charge in [0.15, 0.2) is 0 Å². The van der Waals surface area contributed by atoms with Crippen molar-refractivity contribution in [3.8, 4) is 11.3 Å². The van der Waals surface area contributed by atoms with Crippen LogP contribution in [-0.4, -0.2) is 14.4 Å². The molecule has 0 spiro atoms. The van der Waals surface area contributed by atoms with E-state index in [9.17, 15) is 9.70 Å². The van der Waals surface area contributed by atoms with Crippen molar-refractivity contribution in [3.63, 3.8) is 0 Å². The van der Waals surface area contributed by atoms with Crippen molar-refractivity contribution < 1.29 is 0 Å². The van der Waals surface area contributed by atoms with Gasteiger partial charge in [-0.3, -0.25) is 9.20 Å². The molecule has 0 bridgehead atoms. The number of aromatic nitrogens is 3. The third-order valence-corrected chi connectivity index (χ3v) is 3.59. The molecule has 22 heavy (non-hydrogen) atoms. The SMILES string of the molecule is O=Nc1c(-c2ccc3[nH]c(=O)ccc3c2)nc2ccccn12. The zero-order chi connectivity index (χ0) is 15.1. The number of hydrogen-bond acceptors (Lipinski definition) is 4. The quantitative estimate of drug-likeness (QED) is 0.575. The molecule has 3 heterocycles. The zero-order valence-corrected chi connectivity index (χ0v) is 11.4. The van der Waals surface area contributed by atoms with E-state index in [1.165, 1.54) is 6.07 Å². The molecule has 1 aromatic carbocycles. The number of hydrogen-bond donors (Lipinski definition) is 1. The van der Waals surface area contributed by atoms with E-state index in [2.05, 4.69) is 15.1 Å². The highest BCUT2D eigenvalue weighted by molar-refractivity contribution is 5.86. The molecule has 106 valence electrons. The standard InChI is InChI=1S/C16H10N4O2/c21-14-7-5-10-9-11(4-6-12(10)17-14)15-16(19-22)20-8-2-1-3-13(20)18-15/h1-9H,(H,17,21). The molecule has 0 aliphatic carbocycles. The van der Waals surface area contributed by atoms with Gasteiger partial charge in [0.2, 0.25) is 11.4 Å². The molecule has 0 amide bonds. The second-order valence-corrected chi connectivity index (χ2v) is 4.93. The monoisotopic (exact) mass is 290 g/mol. The second kappa shape index (κ2) is 4.63. The molecule has 0 atom stereocenters. The Labute approximate surface area is 124 Å². The van der Waals surface area contributed by atoms with E-state index in [-0.39, 0.29) is 11.4 Å². The lowest BCUT2D eigenvalue weighted by Crippen LogP contribution is -2.01. The van der Waals surface area contributed by atoms with Gasteiger partial charge in [-0.25, -0.2) is 4.98 Å². The fourth-order valence-electron chi connectivity index (χ4n) is 2.57. The lowest BCUT2D eigenvalue weighted by Gasteiger charge is -2.01. The summed E-state index contributed by atoms with van der Waals surface area (Å²) >= 11 is 0. The summed E-state index contributed by atoms with van der Waals surface area (Å²) in [6.07, 6.45) is 1.75. The Balaban J connectivity index is 2.00. The summed E-state index contributed by atoms with van der Waals surface area (Å²) < 4.78 is 1.65. The number of fused-ring (bicyclic) bond motifs is 2. The van der Waals surface area contributed by atoms with E-state index in [1.54, 1.807) is 22.7 Å². The van der Waals surface area contributed by atoms with Crippen LogP contribution in [0.4, 0.5) is 5.82 Å². The first-order valence-electron chi connectivity index (χ1n) is 6.70. The summed E-state index contributed by atoms with van der Waals surface area (Å²) in [4.78, 5) is 29.8. The average Bonchev–Trinajstić information content (AvgIpc) is 2.93. The molecule has 0 fully saturated rings. The molecular weight excluding hydrogens is 280 g/mol. The fourth-order valence-corrected chi connectivity index (χ4v) is 2.57. The number of nitrogens with one attached hydrogen (secondary N) is 1. The highest BCUT2D eigenvalue weighted by Gasteiger charge is 2.14. The molecule has 4 aromatic rings.